The molecule has 0 aliphatic carbocycles. The molecular weight excluding hydrogens is 308 g/mol. The third-order valence-corrected chi connectivity index (χ3v) is 3.60. The van der Waals surface area contributed by atoms with Crippen LogP contribution in [0.2, 0.25) is 0 Å². The van der Waals surface area contributed by atoms with Gasteiger partial charge >= 0.3 is 0 Å². The number of tetrazole rings is 1. The standard InChI is InChI=1S/C16H16N6O2/c1-11(17-16(24)12-8-9-21(2)14(23)10-12)15-18-19-20-22(15)13-6-4-3-5-7-13/h3-11H,1-2H3,(H,17,24)/t11-/m0/s1. The van der Waals surface area contributed by atoms with E-state index in [4.69, 9.17) is 0 Å². The highest BCUT2D eigenvalue weighted by atomic mass is 16.2. The molecule has 0 saturated carbocycles. The monoisotopic (exact) mass is 324 g/mol. The zero-order valence-corrected chi connectivity index (χ0v) is 13.2. The topological polar surface area (TPSA) is 94.7 Å². The van der Waals surface area contributed by atoms with Gasteiger partial charge in [-0.1, -0.05) is 18.2 Å². The highest BCUT2D eigenvalue weighted by molar-refractivity contribution is 5.94. The molecule has 8 nitrogen and oxygen atoms in total. The number of benzene rings is 1. The van der Waals surface area contributed by atoms with Gasteiger partial charge in [0.15, 0.2) is 5.82 Å². The molecule has 0 unspecified atom stereocenters. The summed E-state index contributed by atoms with van der Waals surface area (Å²) in [5.74, 6) is 0.140. The first-order valence-corrected chi connectivity index (χ1v) is 7.37. The van der Waals surface area contributed by atoms with Crippen molar-refractivity contribution in [1.82, 2.24) is 30.1 Å². The van der Waals surface area contributed by atoms with Crippen LogP contribution in [0.4, 0.5) is 0 Å². The van der Waals surface area contributed by atoms with E-state index in [1.165, 1.54) is 10.6 Å². The highest BCUT2D eigenvalue weighted by Gasteiger charge is 2.18. The number of para-hydroxylation sites is 1. The van der Waals surface area contributed by atoms with Crippen LogP contribution in [0.5, 0.6) is 0 Å². The number of nitrogens with zero attached hydrogens (tertiary/aromatic N) is 5. The van der Waals surface area contributed by atoms with Gasteiger partial charge in [-0.3, -0.25) is 9.59 Å². The van der Waals surface area contributed by atoms with E-state index in [2.05, 4.69) is 20.8 Å². The van der Waals surface area contributed by atoms with Crippen LogP contribution in [0.1, 0.15) is 29.1 Å². The fraction of sp³-hybridized carbons (Fsp3) is 0.188. The maximum atomic E-state index is 12.3. The van der Waals surface area contributed by atoms with Gasteiger partial charge in [-0.05, 0) is 35.5 Å². The van der Waals surface area contributed by atoms with Gasteiger partial charge in [0.1, 0.15) is 0 Å². The van der Waals surface area contributed by atoms with Crippen molar-refractivity contribution in [2.45, 2.75) is 13.0 Å². The van der Waals surface area contributed by atoms with Crippen LogP contribution in [-0.4, -0.2) is 30.7 Å². The summed E-state index contributed by atoms with van der Waals surface area (Å²) in [7, 11) is 1.63. The molecule has 2 heterocycles. The maximum Gasteiger partial charge on any atom is 0.252 e. The number of carbonyl (C=O) groups excluding carboxylic acids is 1. The van der Waals surface area contributed by atoms with Crippen molar-refractivity contribution >= 4 is 5.91 Å². The Kier molecular flexibility index (Phi) is 4.19. The van der Waals surface area contributed by atoms with E-state index in [0.717, 1.165) is 5.69 Å². The van der Waals surface area contributed by atoms with Crippen LogP contribution in [-0.2, 0) is 7.05 Å². The van der Waals surface area contributed by atoms with Crippen molar-refractivity contribution in [1.29, 1.82) is 0 Å². The van der Waals surface area contributed by atoms with Crippen molar-refractivity contribution in [3.8, 4) is 5.69 Å². The quantitative estimate of drug-likeness (QED) is 0.768. The number of carbonyl (C=O) groups is 1. The second-order valence-electron chi connectivity index (χ2n) is 5.34. The number of pyridine rings is 1. The van der Waals surface area contributed by atoms with Crippen molar-refractivity contribution < 1.29 is 4.79 Å². The van der Waals surface area contributed by atoms with Crippen LogP contribution < -0.4 is 10.9 Å². The molecule has 0 aliphatic heterocycles. The lowest BCUT2D eigenvalue weighted by molar-refractivity contribution is 0.0937. The van der Waals surface area contributed by atoms with Crippen molar-refractivity contribution in [2.24, 2.45) is 7.05 Å². The molecule has 3 aromatic rings. The lowest BCUT2D eigenvalue weighted by atomic mass is 10.2. The molecule has 0 bridgehead atoms. The van der Waals surface area contributed by atoms with E-state index in [1.807, 2.05) is 30.3 Å². The number of amides is 1. The van der Waals surface area contributed by atoms with E-state index >= 15 is 0 Å². The first kappa shape index (κ1) is 15.6. The summed E-state index contributed by atoms with van der Waals surface area (Å²) in [5, 5.41) is 14.4. The number of hydrogen-bond donors (Lipinski definition) is 1. The Morgan fingerprint density at radius 2 is 1.96 bits per heavy atom. The Labute approximate surface area is 137 Å². The van der Waals surface area contributed by atoms with Gasteiger partial charge in [0.05, 0.1) is 11.7 Å². The first-order chi connectivity index (χ1) is 11.6. The molecule has 2 aromatic heterocycles. The predicted molar refractivity (Wildman–Crippen MR) is 86.7 cm³/mol. The number of aromatic nitrogens is 5. The van der Waals surface area contributed by atoms with Gasteiger partial charge < -0.3 is 9.88 Å². The fourth-order valence-corrected chi connectivity index (χ4v) is 2.25. The minimum Gasteiger partial charge on any atom is -0.342 e. The van der Waals surface area contributed by atoms with Gasteiger partial charge in [0.2, 0.25) is 0 Å². The Balaban J connectivity index is 1.82. The Bertz CT molecular complexity index is 916. The fourth-order valence-electron chi connectivity index (χ4n) is 2.25. The Morgan fingerprint density at radius 3 is 2.67 bits per heavy atom. The smallest absolute Gasteiger partial charge is 0.252 e. The summed E-state index contributed by atoms with van der Waals surface area (Å²) in [5.41, 5.74) is 0.847. The lowest BCUT2D eigenvalue weighted by Gasteiger charge is -2.13. The van der Waals surface area contributed by atoms with E-state index in [9.17, 15) is 9.59 Å². The number of aryl methyl sites for hydroxylation is 1. The second kappa shape index (κ2) is 6.45. The van der Waals surface area contributed by atoms with Crippen LogP contribution >= 0.6 is 0 Å². The first-order valence-electron chi connectivity index (χ1n) is 7.37. The maximum absolute atomic E-state index is 12.3. The molecule has 1 aromatic carbocycles. The normalized spacial score (nSPS) is 11.9. The molecule has 122 valence electrons. The molecule has 8 heteroatoms. The minimum atomic E-state index is -0.434. The van der Waals surface area contributed by atoms with E-state index < -0.39 is 6.04 Å². The van der Waals surface area contributed by atoms with Crippen molar-refractivity contribution in [3.63, 3.8) is 0 Å². The van der Waals surface area contributed by atoms with Gasteiger partial charge in [-0.2, -0.15) is 4.68 Å². The SMILES string of the molecule is C[C@H](NC(=O)c1ccn(C)c(=O)c1)c1nnnn1-c1ccccc1. The highest BCUT2D eigenvalue weighted by Crippen LogP contribution is 2.14. The summed E-state index contributed by atoms with van der Waals surface area (Å²) in [6.45, 7) is 1.78. The number of hydrogen-bond acceptors (Lipinski definition) is 5. The molecule has 24 heavy (non-hydrogen) atoms. The average Bonchev–Trinajstić information content (AvgIpc) is 3.08. The average molecular weight is 324 g/mol. The van der Waals surface area contributed by atoms with Gasteiger partial charge in [-0.15, -0.1) is 5.10 Å². The van der Waals surface area contributed by atoms with Crippen LogP contribution in [0.15, 0.2) is 53.5 Å². The van der Waals surface area contributed by atoms with Crippen molar-refractivity contribution in [3.05, 3.63) is 70.4 Å². The number of rotatable bonds is 4. The molecule has 1 N–H and O–H groups in total. The predicted octanol–water partition coefficient (Wildman–Crippen LogP) is 0.852. The zero-order chi connectivity index (χ0) is 17.1. The van der Waals surface area contributed by atoms with Gasteiger partial charge in [-0.25, -0.2) is 0 Å². The summed E-state index contributed by atoms with van der Waals surface area (Å²) in [6.07, 6.45) is 1.55. The molecule has 0 spiro atoms. The minimum absolute atomic E-state index is 0.246. The van der Waals surface area contributed by atoms with Crippen LogP contribution in [0, 0.1) is 0 Å². The van der Waals surface area contributed by atoms with Crippen LogP contribution in [0.25, 0.3) is 5.69 Å². The van der Waals surface area contributed by atoms with Crippen molar-refractivity contribution in [2.75, 3.05) is 0 Å². The molecule has 1 amide bonds. The second-order valence-corrected chi connectivity index (χ2v) is 5.34. The van der Waals surface area contributed by atoms with Gasteiger partial charge in [0.25, 0.3) is 11.5 Å². The summed E-state index contributed by atoms with van der Waals surface area (Å²) in [4.78, 5) is 24.0. The molecule has 3 rings (SSSR count). The molecule has 0 radical (unpaired) electrons. The van der Waals surface area contributed by atoms with E-state index in [1.54, 1.807) is 30.9 Å². The molecular formula is C16H16N6O2. The summed E-state index contributed by atoms with van der Waals surface area (Å²) in [6, 6.07) is 11.8. The summed E-state index contributed by atoms with van der Waals surface area (Å²) < 4.78 is 2.96. The molecule has 0 saturated heterocycles. The van der Waals surface area contributed by atoms with Gasteiger partial charge in [0, 0.05) is 24.9 Å². The lowest BCUT2D eigenvalue weighted by Crippen LogP contribution is -2.30. The summed E-state index contributed by atoms with van der Waals surface area (Å²) >= 11 is 0. The third kappa shape index (κ3) is 3.07. The largest absolute Gasteiger partial charge is 0.342 e. The molecule has 0 aliphatic rings. The van der Waals surface area contributed by atoms with E-state index in [0.29, 0.717) is 11.4 Å². The third-order valence-electron chi connectivity index (χ3n) is 3.60. The van der Waals surface area contributed by atoms with E-state index in [-0.39, 0.29) is 11.5 Å². The molecule has 0 fully saturated rings. The Hall–Kier alpha value is -3.29. The zero-order valence-electron chi connectivity index (χ0n) is 13.2. The molecule has 1 atom stereocenters. The number of nitrogens with one attached hydrogen (secondary N) is 1. The van der Waals surface area contributed by atoms with Crippen LogP contribution in [0.3, 0.4) is 0 Å². The Morgan fingerprint density at radius 1 is 1.21 bits per heavy atom.